The quantitative estimate of drug-likeness (QED) is 0.714. The van der Waals surface area contributed by atoms with Crippen molar-refractivity contribution in [1.29, 1.82) is 0 Å². The molecular formula is C17H19ClN2. The van der Waals surface area contributed by atoms with Crippen molar-refractivity contribution < 1.29 is 0 Å². The highest BCUT2D eigenvalue weighted by Gasteiger charge is 2.21. The van der Waals surface area contributed by atoms with Crippen molar-refractivity contribution in [3.63, 3.8) is 0 Å². The van der Waals surface area contributed by atoms with E-state index in [2.05, 4.69) is 23.8 Å². The highest BCUT2D eigenvalue weighted by molar-refractivity contribution is 6.30. The molecule has 104 valence electrons. The lowest BCUT2D eigenvalue weighted by molar-refractivity contribution is 0.525. The van der Waals surface area contributed by atoms with Crippen LogP contribution in [0.4, 0.5) is 0 Å². The fourth-order valence-corrected chi connectivity index (χ4v) is 3.28. The topological polar surface area (TPSA) is 17.8 Å². The van der Waals surface area contributed by atoms with Crippen LogP contribution in [0.3, 0.4) is 0 Å². The summed E-state index contributed by atoms with van der Waals surface area (Å²) in [4.78, 5) is 0. The maximum absolute atomic E-state index is 6.20. The molecule has 1 fully saturated rings. The van der Waals surface area contributed by atoms with Crippen molar-refractivity contribution >= 4 is 11.6 Å². The number of hydrogen-bond acceptors (Lipinski definition) is 1. The van der Waals surface area contributed by atoms with Crippen molar-refractivity contribution in [3.8, 4) is 11.1 Å². The average molecular weight is 287 g/mol. The SMILES string of the molecule is C=C1CCCC(c2ccc(Cl)cc2-c2cnn(C)c2)C1. The summed E-state index contributed by atoms with van der Waals surface area (Å²) in [6.45, 7) is 4.17. The molecule has 3 heteroatoms. The standard InChI is InChI=1S/C17H19ClN2/c1-12-4-3-5-13(8-12)16-7-6-15(18)9-17(16)14-10-19-20(2)11-14/h6-7,9-11,13H,1,3-5,8H2,2H3. The van der Waals surface area contributed by atoms with Gasteiger partial charge in [0.15, 0.2) is 0 Å². The molecule has 0 bridgehead atoms. The van der Waals surface area contributed by atoms with Crippen LogP contribution in [0.15, 0.2) is 42.7 Å². The lowest BCUT2D eigenvalue weighted by atomic mass is 9.79. The van der Waals surface area contributed by atoms with Crippen LogP contribution >= 0.6 is 11.6 Å². The first-order chi connectivity index (χ1) is 9.63. The molecule has 1 aliphatic rings. The molecule has 0 spiro atoms. The molecular weight excluding hydrogens is 268 g/mol. The van der Waals surface area contributed by atoms with Crippen molar-refractivity contribution in [2.24, 2.45) is 7.05 Å². The Balaban J connectivity index is 2.04. The first-order valence-corrected chi connectivity index (χ1v) is 7.46. The normalized spacial score (nSPS) is 19.3. The third-order valence-electron chi connectivity index (χ3n) is 4.09. The van der Waals surface area contributed by atoms with E-state index in [1.54, 1.807) is 0 Å². The van der Waals surface area contributed by atoms with Crippen molar-refractivity contribution in [2.45, 2.75) is 31.6 Å². The van der Waals surface area contributed by atoms with Crippen LogP contribution in [0.1, 0.15) is 37.2 Å². The van der Waals surface area contributed by atoms with Crippen LogP contribution in [0.5, 0.6) is 0 Å². The van der Waals surface area contributed by atoms with E-state index < -0.39 is 0 Å². The maximum atomic E-state index is 6.20. The van der Waals surface area contributed by atoms with Gasteiger partial charge in [-0.15, -0.1) is 0 Å². The summed E-state index contributed by atoms with van der Waals surface area (Å²) in [5, 5.41) is 5.06. The molecule has 20 heavy (non-hydrogen) atoms. The van der Waals surface area contributed by atoms with Gasteiger partial charge in [0.1, 0.15) is 0 Å². The largest absolute Gasteiger partial charge is 0.275 e. The Labute approximate surface area is 125 Å². The van der Waals surface area contributed by atoms with Crippen LogP contribution in [0.25, 0.3) is 11.1 Å². The lowest BCUT2D eigenvalue weighted by Gasteiger charge is -2.26. The molecule has 2 aromatic rings. The predicted molar refractivity (Wildman–Crippen MR) is 84.0 cm³/mol. The lowest BCUT2D eigenvalue weighted by Crippen LogP contribution is -2.07. The molecule has 1 unspecified atom stereocenters. The smallest absolute Gasteiger partial charge is 0.0568 e. The minimum absolute atomic E-state index is 0.559. The third-order valence-corrected chi connectivity index (χ3v) is 4.32. The molecule has 1 aromatic heterocycles. The highest BCUT2D eigenvalue weighted by atomic mass is 35.5. The summed E-state index contributed by atoms with van der Waals surface area (Å²) in [6, 6.07) is 6.23. The molecule has 0 aliphatic heterocycles. The number of hydrogen-bond donors (Lipinski definition) is 0. The van der Waals surface area contributed by atoms with E-state index in [-0.39, 0.29) is 0 Å². The van der Waals surface area contributed by atoms with Crippen LogP contribution in [0, 0.1) is 0 Å². The molecule has 0 N–H and O–H groups in total. The second-order valence-electron chi connectivity index (χ2n) is 5.68. The van der Waals surface area contributed by atoms with Crippen molar-refractivity contribution in [3.05, 3.63) is 53.3 Å². The summed E-state index contributed by atoms with van der Waals surface area (Å²) < 4.78 is 1.83. The number of nitrogens with zero attached hydrogens (tertiary/aromatic N) is 2. The van der Waals surface area contributed by atoms with Crippen molar-refractivity contribution in [1.82, 2.24) is 9.78 Å². The second kappa shape index (κ2) is 5.45. The van der Waals surface area contributed by atoms with Gasteiger partial charge in [-0.25, -0.2) is 0 Å². The Morgan fingerprint density at radius 2 is 2.25 bits per heavy atom. The van der Waals surface area contributed by atoms with Gasteiger partial charge < -0.3 is 0 Å². The first-order valence-electron chi connectivity index (χ1n) is 7.08. The molecule has 1 atom stereocenters. The van der Waals surface area contributed by atoms with Gasteiger partial charge in [0.2, 0.25) is 0 Å². The summed E-state index contributed by atoms with van der Waals surface area (Å²) in [6.07, 6.45) is 8.69. The van der Waals surface area contributed by atoms with E-state index in [0.29, 0.717) is 5.92 Å². The van der Waals surface area contributed by atoms with E-state index in [1.807, 2.05) is 30.2 Å². The van der Waals surface area contributed by atoms with Gasteiger partial charge in [-0.1, -0.05) is 29.8 Å². The summed E-state index contributed by atoms with van der Waals surface area (Å²) in [7, 11) is 1.94. The Hall–Kier alpha value is -1.54. The Kier molecular flexibility index (Phi) is 3.66. The molecule has 0 amide bonds. The van der Waals surface area contributed by atoms with Crippen LogP contribution < -0.4 is 0 Å². The molecule has 0 radical (unpaired) electrons. The van der Waals surface area contributed by atoms with Crippen LogP contribution in [0.2, 0.25) is 5.02 Å². The van der Waals surface area contributed by atoms with E-state index in [0.717, 1.165) is 17.0 Å². The number of allylic oxidation sites excluding steroid dienone is 1. The Morgan fingerprint density at radius 1 is 1.40 bits per heavy atom. The highest BCUT2D eigenvalue weighted by Crippen LogP contribution is 2.40. The third kappa shape index (κ3) is 2.66. The van der Waals surface area contributed by atoms with Crippen molar-refractivity contribution in [2.75, 3.05) is 0 Å². The van der Waals surface area contributed by atoms with E-state index >= 15 is 0 Å². The van der Waals surface area contributed by atoms with E-state index in [9.17, 15) is 0 Å². The number of benzene rings is 1. The number of aryl methyl sites for hydroxylation is 1. The number of halogens is 1. The zero-order valence-electron chi connectivity index (χ0n) is 11.8. The summed E-state index contributed by atoms with van der Waals surface area (Å²) in [5.41, 5.74) is 5.10. The van der Waals surface area contributed by atoms with Gasteiger partial charge in [0.25, 0.3) is 0 Å². The molecule has 1 aliphatic carbocycles. The first kappa shape index (κ1) is 13.4. The Morgan fingerprint density at radius 3 is 2.95 bits per heavy atom. The number of aromatic nitrogens is 2. The molecule has 3 rings (SSSR count). The van der Waals surface area contributed by atoms with Gasteiger partial charge in [-0.05, 0) is 54.9 Å². The summed E-state index contributed by atoms with van der Waals surface area (Å²) >= 11 is 6.20. The molecule has 1 saturated carbocycles. The van der Waals surface area contributed by atoms with Gasteiger partial charge in [0, 0.05) is 23.8 Å². The van der Waals surface area contributed by atoms with Gasteiger partial charge in [0.05, 0.1) is 6.20 Å². The summed E-state index contributed by atoms with van der Waals surface area (Å²) in [5.74, 6) is 0.559. The molecule has 1 aromatic carbocycles. The van der Waals surface area contributed by atoms with Gasteiger partial charge in [-0.2, -0.15) is 5.10 Å². The molecule has 1 heterocycles. The number of rotatable bonds is 2. The van der Waals surface area contributed by atoms with E-state index in [1.165, 1.54) is 36.0 Å². The minimum atomic E-state index is 0.559. The van der Waals surface area contributed by atoms with Crippen LogP contribution in [-0.4, -0.2) is 9.78 Å². The average Bonchev–Trinajstić information content (AvgIpc) is 2.85. The van der Waals surface area contributed by atoms with E-state index in [4.69, 9.17) is 11.6 Å². The minimum Gasteiger partial charge on any atom is -0.275 e. The second-order valence-corrected chi connectivity index (χ2v) is 6.11. The monoisotopic (exact) mass is 286 g/mol. The van der Waals surface area contributed by atoms with Crippen LogP contribution in [-0.2, 0) is 7.05 Å². The zero-order valence-corrected chi connectivity index (χ0v) is 12.5. The molecule has 2 nitrogen and oxygen atoms in total. The van der Waals surface area contributed by atoms with Gasteiger partial charge in [-0.3, -0.25) is 4.68 Å². The fourth-order valence-electron chi connectivity index (χ4n) is 3.11. The van der Waals surface area contributed by atoms with Gasteiger partial charge >= 0.3 is 0 Å². The zero-order chi connectivity index (χ0) is 14.1. The molecule has 0 saturated heterocycles. The fraction of sp³-hybridized carbons (Fsp3) is 0.353. The maximum Gasteiger partial charge on any atom is 0.0568 e. The predicted octanol–water partition coefficient (Wildman–Crippen LogP) is 4.95. The Bertz CT molecular complexity index is 642.